The molecular weight excluding hydrogens is 224 g/mol. The molecule has 0 amide bonds. The van der Waals surface area contributed by atoms with Gasteiger partial charge in [0.15, 0.2) is 0 Å². The fourth-order valence-corrected chi connectivity index (χ4v) is 2.77. The lowest BCUT2D eigenvalue weighted by Crippen LogP contribution is -2.09. The highest BCUT2D eigenvalue weighted by Gasteiger charge is 2.19. The first-order valence-corrected chi connectivity index (χ1v) is 6.56. The number of nitrogens with zero attached hydrogens (tertiary/aromatic N) is 3. The van der Waals surface area contributed by atoms with Crippen molar-refractivity contribution < 1.29 is 0 Å². The van der Waals surface area contributed by atoms with E-state index >= 15 is 0 Å². The van der Waals surface area contributed by atoms with E-state index in [-0.39, 0.29) is 0 Å². The van der Waals surface area contributed by atoms with E-state index in [0.717, 1.165) is 17.9 Å². The van der Waals surface area contributed by atoms with E-state index < -0.39 is 0 Å². The molecule has 3 rings (SSSR count). The van der Waals surface area contributed by atoms with Crippen LogP contribution in [0.3, 0.4) is 0 Å². The highest BCUT2D eigenvalue weighted by Crippen LogP contribution is 2.30. The summed E-state index contributed by atoms with van der Waals surface area (Å²) in [4.78, 5) is 0. The summed E-state index contributed by atoms with van der Waals surface area (Å²) in [7, 11) is 0. The van der Waals surface area contributed by atoms with Crippen LogP contribution in [-0.4, -0.2) is 14.8 Å². The van der Waals surface area contributed by atoms with Crippen LogP contribution in [0.2, 0.25) is 0 Å². The summed E-state index contributed by atoms with van der Waals surface area (Å²) in [6, 6.07) is 8.58. The maximum Gasteiger partial charge on any atom is 0.137 e. The largest absolute Gasteiger partial charge is 0.399 e. The Morgan fingerprint density at radius 1 is 1.28 bits per heavy atom. The van der Waals surface area contributed by atoms with Crippen molar-refractivity contribution in [3.8, 4) is 0 Å². The van der Waals surface area contributed by atoms with E-state index in [1.165, 1.54) is 31.2 Å². The van der Waals surface area contributed by atoms with Gasteiger partial charge in [0.1, 0.15) is 12.2 Å². The predicted molar refractivity (Wildman–Crippen MR) is 71.2 cm³/mol. The normalized spacial score (nSPS) is 16.2. The minimum absolute atomic E-state index is 0.594. The zero-order valence-electron chi connectivity index (χ0n) is 10.4. The zero-order chi connectivity index (χ0) is 12.4. The van der Waals surface area contributed by atoms with Gasteiger partial charge in [0.05, 0.1) is 0 Å². The van der Waals surface area contributed by atoms with Crippen molar-refractivity contribution >= 4 is 5.69 Å². The van der Waals surface area contributed by atoms with Gasteiger partial charge in [-0.3, -0.25) is 0 Å². The average Bonchev–Trinajstić information content (AvgIpc) is 2.98. The van der Waals surface area contributed by atoms with Gasteiger partial charge in [0.25, 0.3) is 0 Å². The molecule has 0 aliphatic heterocycles. The lowest BCUT2D eigenvalue weighted by atomic mass is 10.1. The summed E-state index contributed by atoms with van der Waals surface area (Å²) in [6.07, 6.45) is 7.82. The number of nitrogens with two attached hydrogens (primary N) is 1. The molecule has 0 bridgehead atoms. The summed E-state index contributed by atoms with van der Waals surface area (Å²) < 4.78 is 2.25. The Balaban J connectivity index is 1.82. The number of hydrogen-bond donors (Lipinski definition) is 1. The first kappa shape index (κ1) is 11.3. The van der Waals surface area contributed by atoms with Crippen LogP contribution in [0.25, 0.3) is 0 Å². The van der Waals surface area contributed by atoms with Gasteiger partial charge in [-0.1, -0.05) is 25.0 Å². The third-order valence-corrected chi connectivity index (χ3v) is 3.68. The fraction of sp³-hybridized carbons (Fsp3) is 0.429. The number of aromatic nitrogens is 3. The zero-order valence-corrected chi connectivity index (χ0v) is 10.4. The van der Waals surface area contributed by atoms with Gasteiger partial charge in [-0.2, -0.15) is 0 Å². The summed E-state index contributed by atoms with van der Waals surface area (Å²) in [5.74, 6) is 1.05. The third kappa shape index (κ3) is 2.23. The van der Waals surface area contributed by atoms with Gasteiger partial charge in [0.2, 0.25) is 0 Å². The van der Waals surface area contributed by atoms with E-state index in [9.17, 15) is 0 Å². The van der Waals surface area contributed by atoms with Gasteiger partial charge in [-0.25, -0.2) is 0 Å². The second-order valence-electron chi connectivity index (χ2n) is 5.01. The van der Waals surface area contributed by atoms with Gasteiger partial charge in [0, 0.05) is 18.2 Å². The first-order chi connectivity index (χ1) is 8.83. The van der Waals surface area contributed by atoms with E-state index in [1.807, 2.05) is 24.5 Å². The van der Waals surface area contributed by atoms with E-state index in [1.54, 1.807) is 0 Å². The Hall–Kier alpha value is -1.84. The molecule has 0 spiro atoms. The topological polar surface area (TPSA) is 56.7 Å². The standard InChI is InChI=1S/C14H18N4/c15-12-5-3-4-11(8-12)9-14-17-16-10-18(14)13-6-1-2-7-13/h3-5,8,10,13H,1-2,6-7,9,15H2. The minimum atomic E-state index is 0.594. The van der Waals surface area contributed by atoms with Crippen molar-refractivity contribution in [3.05, 3.63) is 42.0 Å². The molecule has 1 heterocycles. The molecule has 0 unspecified atom stereocenters. The van der Waals surface area contributed by atoms with Crippen LogP contribution >= 0.6 is 0 Å². The molecule has 4 nitrogen and oxygen atoms in total. The van der Waals surface area contributed by atoms with Crippen molar-refractivity contribution in [2.45, 2.75) is 38.1 Å². The third-order valence-electron chi connectivity index (χ3n) is 3.68. The molecule has 1 aliphatic carbocycles. The summed E-state index contributed by atoms with van der Waals surface area (Å²) >= 11 is 0. The first-order valence-electron chi connectivity index (χ1n) is 6.56. The molecule has 2 aromatic rings. The molecule has 1 aromatic heterocycles. The molecule has 0 radical (unpaired) electrons. The van der Waals surface area contributed by atoms with Crippen LogP contribution < -0.4 is 5.73 Å². The van der Waals surface area contributed by atoms with Gasteiger partial charge in [-0.05, 0) is 30.5 Å². The van der Waals surface area contributed by atoms with Crippen molar-refractivity contribution in [2.75, 3.05) is 5.73 Å². The Morgan fingerprint density at radius 2 is 2.11 bits per heavy atom. The van der Waals surface area contributed by atoms with Crippen molar-refractivity contribution in [3.63, 3.8) is 0 Å². The molecule has 1 aliphatic rings. The molecule has 1 aromatic carbocycles. The summed E-state index contributed by atoms with van der Waals surface area (Å²) in [5, 5.41) is 8.32. The molecule has 1 saturated carbocycles. The molecule has 4 heteroatoms. The second-order valence-corrected chi connectivity index (χ2v) is 5.01. The monoisotopic (exact) mass is 242 g/mol. The Kier molecular flexibility index (Phi) is 3.00. The van der Waals surface area contributed by atoms with Crippen LogP contribution in [0.15, 0.2) is 30.6 Å². The van der Waals surface area contributed by atoms with Gasteiger partial charge >= 0.3 is 0 Å². The Bertz CT molecular complexity index is 526. The Morgan fingerprint density at radius 3 is 2.89 bits per heavy atom. The van der Waals surface area contributed by atoms with Crippen molar-refractivity contribution in [1.29, 1.82) is 0 Å². The van der Waals surface area contributed by atoms with Crippen molar-refractivity contribution in [1.82, 2.24) is 14.8 Å². The highest BCUT2D eigenvalue weighted by molar-refractivity contribution is 5.41. The summed E-state index contributed by atoms with van der Waals surface area (Å²) in [6.45, 7) is 0. The average molecular weight is 242 g/mol. The smallest absolute Gasteiger partial charge is 0.137 e. The van der Waals surface area contributed by atoms with Crippen LogP contribution in [0.4, 0.5) is 5.69 Å². The van der Waals surface area contributed by atoms with Gasteiger partial charge < -0.3 is 10.3 Å². The lowest BCUT2D eigenvalue weighted by molar-refractivity contribution is 0.500. The van der Waals surface area contributed by atoms with Crippen molar-refractivity contribution in [2.24, 2.45) is 0 Å². The van der Waals surface area contributed by atoms with Crippen LogP contribution in [0, 0.1) is 0 Å². The van der Waals surface area contributed by atoms with Crippen LogP contribution in [0.1, 0.15) is 43.1 Å². The molecular formula is C14H18N4. The number of benzene rings is 1. The molecule has 0 atom stereocenters. The van der Waals surface area contributed by atoms with E-state index in [4.69, 9.17) is 5.73 Å². The quantitative estimate of drug-likeness (QED) is 0.841. The molecule has 2 N–H and O–H groups in total. The maximum absolute atomic E-state index is 5.80. The molecule has 0 saturated heterocycles. The lowest BCUT2D eigenvalue weighted by Gasteiger charge is -2.13. The van der Waals surface area contributed by atoms with Crippen LogP contribution in [-0.2, 0) is 6.42 Å². The number of rotatable bonds is 3. The van der Waals surface area contributed by atoms with Gasteiger partial charge in [-0.15, -0.1) is 10.2 Å². The summed E-state index contributed by atoms with van der Waals surface area (Å²) in [5.41, 5.74) is 7.81. The second kappa shape index (κ2) is 4.80. The predicted octanol–water partition coefficient (Wildman–Crippen LogP) is 2.57. The number of nitrogen functional groups attached to an aromatic ring is 1. The maximum atomic E-state index is 5.80. The Labute approximate surface area is 107 Å². The fourth-order valence-electron chi connectivity index (χ4n) is 2.77. The molecule has 94 valence electrons. The van der Waals surface area contributed by atoms with E-state index in [2.05, 4.69) is 20.8 Å². The van der Waals surface area contributed by atoms with Crippen LogP contribution in [0.5, 0.6) is 0 Å². The highest BCUT2D eigenvalue weighted by atomic mass is 15.3. The SMILES string of the molecule is Nc1cccc(Cc2nncn2C2CCCC2)c1. The number of anilines is 1. The minimum Gasteiger partial charge on any atom is -0.399 e. The number of hydrogen-bond acceptors (Lipinski definition) is 3. The molecule has 1 fully saturated rings. The molecule has 18 heavy (non-hydrogen) atoms. The van der Waals surface area contributed by atoms with E-state index in [0.29, 0.717) is 6.04 Å².